The lowest BCUT2D eigenvalue weighted by atomic mass is 9.93. The molecule has 1 atom stereocenters. The molecule has 1 unspecified atom stereocenters. The van der Waals surface area contributed by atoms with Crippen LogP contribution in [0, 0.1) is 0 Å². The van der Waals surface area contributed by atoms with Crippen molar-refractivity contribution >= 4 is 16.7 Å². The fourth-order valence-corrected chi connectivity index (χ4v) is 2.49. The van der Waals surface area contributed by atoms with Crippen molar-refractivity contribution < 1.29 is 14.3 Å². The predicted molar refractivity (Wildman–Crippen MR) is 83.8 cm³/mol. The van der Waals surface area contributed by atoms with E-state index in [2.05, 4.69) is 17.4 Å². The Morgan fingerprint density at radius 1 is 1.24 bits per heavy atom. The van der Waals surface area contributed by atoms with Crippen LogP contribution in [0.1, 0.15) is 18.4 Å². The lowest BCUT2D eigenvalue weighted by Gasteiger charge is -2.19. The second-order valence-corrected chi connectivity index (χ2v) is 5.02. The zero-order valence-electron chi connectivity index (χ0n) is 12.7. The fraction of sp³-hybridized carbons (Fsp3) is 0.353. The van der Waals surface area contributed by atoms with E-state index in [0.717, 1.165) is 22.1 Å². The van der Waals surface area contributed by atoms with Crippen LogP contribution >= 0.6 is 0 Å². The van der Waals surface area contributed by atoms with Gasteiger partial charge in [0.1, 0.15) is 5.75 Å². The Labute approximate surface area is 125 Å². The summed E-state index contributed by atoms with van der Waals surface area (Å²) in [5.41, 5.74) is 1.15. The summed E-state index contributed by atoms with van der Waals surface area (Å²) >= 11 is 0. The number of amides is 1. The summed E-state index contributed by atoms with van der Waals surface area (Å²) < 4.78 is 10.6. The van der Waals surface area contributed by atoms with Crippen molar-refractivity contribution in [1.29, 1.82) is 0 Å². The highest BCUT2D eigenvalue weighted by molar-refractivity contribution is 5.87. The van der Waals surface area contributed by atoms with Gasteiger partial charge in [0.25, 0.3) is 0 Å². The molecule has 21 heavy (non-hydrogen) atoms. The molecule has 2 aromatic carbocycles. The molecule has 2 aromatic rings. The standard InChI is InChI=1S/C17H21NO3/c1-12(19)18-10-14(11-20-2)16-6-4-5-13-7-8-15(21-3)9-17(13)16/h4-9,14H,10-11H2,1-3H3,(H,18,19). The van der Waals surface area contributed by atoms with Crippen molar-refractivity contribution in [3.8, 4) is 5.75 Å². The molecule has 0 saturated carbocycles. The molecule has 1 amide bonds. The van der Waals surface area contributed by atoms with Gasteiger partial charge in [0.15, 0.2) is 0 Å². The van der Waals surface area contributed by atoms with E-state index in [0.29, 0.717) is 13.2 Å². The first kappa shape index (κ1) is 15.3. The number of carbonyl (C=O) groups is 1. The SMILES string of the molecule is COCC(CNC(C)=O)c1cccc2ccc(OC)cc12. The average molecular weight is 287 g/mol. The first-order valence-corrected chi connectivity index (χ1v) is 6.95. The molecule has 112 valence electrons. The summed E-state index contributed by atoms with van der Waals surface area (Å²) in [6.07, 6.45) is 0. The van der Waals surface area contributed by atoms with Gasteiger partial charge in [0.05, 0.1) is 13.7 Å². The Kier molecular flexibility index (Phi) is 5.17. The van der Waals surface area contributed by atoms with E-state index in [9.17, 15) is 4.79 Å². The normalized spacial score (nSPS) is 12.1. The maximum Gasteiger partial charge on any atom is 0.216 e. The van der Waals surface area contributed by atoms with Crippen molar-refractivity contribution in [3.05, 3.63) is 42.0 Å². The summed E-state index contributed by atoms with van der Waals surface area (Å²) in [4.78, 5) is 11.2. The van der Waals surface area contributed by atoms with Crippen LogP contribution < -0.4 is 10.1 Å². The lowest BCUT2D eigenvalue weighted by Crippen LogP contribution is -2.28. The first-order chi connectivity index (χ1) is 10.2. The molecule has 0 fully saturated rings. The summed E-state index contributed by atoms with van der Waals surface area (Å²) in [7, 11) is 3.33. The van der Waals surface area contributed by atoms with Gasteiger partial charge in [-0.15, -0.1) is 0 Å². The number of rotatable bonds is 6. The molecule has 0 spiro atoms. The van der Waals surface area contributed by atoms with Crippen molar-refractivity contribution in [3.63, 3.8) is 0 Å². The highest BCUT2D eigenvalue weighted by atomic mass is 16.5. The number of hydrogen-bond donors (Lipinski definition) is 1. The molecule has 1 N–H and O–H groups in total. The molecular formula is C17H21NO3. The van der Waals surface area contributed by atoms with Crippen molar-refractivity contribution in [2.75, 3.05) is 27.4 Å². The molecule has 0 aliphatic rings. The minimum Gasteiger partial charge on any atom is -0.497 e. The van der Waals surface area contributed by atoms with Crippen LogP contribution in [-0.4, -0.2) is 33.3 Å². The number of ether oxygens (including phenoxy) is 2. The third-order valence-electron chi connectivity index (χ3n) is 3.53. The quantitative estimate of drug-likeness (QED) is 0.888. The third kappa shape index (κ3) is 3.73. The summed E-state index contributed by atoms with van der Waals surface area (Å²) in [5.74, 6) is 0.897. The van der Waals surface area contributed by atoms with Gasteiger partial charge in [-0.25, -0.2) is 0 Å². The van der Waals surface area contributed by atoms with E-state index in [-0.39, 0.29) is 11.8 Å². The van der Waals surface area contributed by atoms with Gasteiger partial charge in [-0.05, 0) is 28.5 Å². The number of carbonyl (C=O) groups excluding carboxylic acids is 1. The second-order valence-electron chi connectivity index (χ2n) is 5.02. The maximum atomic E-state index is 11.2. The van der Waals surface area contributed by atoms with E-state index < -0.39 is 0 Å². The Hall–Kier alpha value is -2.07. The minimum absolute atomic E-state index is 0.0334. The van der Waals surface area contributed by atoms with Crippen LogP contribution in [0.3, 0.4) is 0 Å². The number of fused-ring (bicyclic) bond motifs is 1. The van der Waals surface area contributed by atoms with Crippen molar-refractivity contribution in [2.45, 2.75) is 12.8 Å². The summed E-state index contributed by atoms with van der Waals surface area (Å²) in [5, 5.41) is 5.15. The molecule has 0 aromatic heterocycles. The highest BCUT2D eigenvalue weighted by Gasteiger charge is 2.15. The zero-order chi connectivity index (χ0) is 15.2. The Morgan fingerprint density at radius 3 is 2.71 bits per heavy atom. The van der Waals surface area contributed by atoms with E-state index in [1.807, 2.05) is 24.3 Å². The molecule has 0 saturated heterocycles. The van der Waals surface area contributed by atoms with E-state index in [1.54, 1.807) is 14.2 Å². The topological polar surface area (TPSA) is 47.6 Å². The second kappa shape index (κ2) is 7.09. The van der Waals surface area contributed by atoms with E-state index >= 15 is 0 Å². The molecular weight excluding hydrogens is 266 g/mol. The van der Waals surface area contributed by atoms with E-state index in [4.69, 9.17) is 9.47 Å². The summed E-state index contributed by atoms with van der Waals surface area (Å²) in [6.45, 7) is 2.63. The van der Waals surface area contributed by atoms with Gasteiger partial charge < -0.3 is 14.8 Å². The Balaban J connectivity index is 2.42. The number of nitrogens with one attached hydrogen (secondary N) is 1. The molecule has 0 aliphatic heterocycles. The molecule has 2 rings (SSSR count). The van der Waals surface area contributed by atoms with Crippen molar-refractivity contribution in [2.24, 2.45) is 0 Å². The van der Waals surface area contributed by atoms with Crippen LogP contribution in [0.2, 0.25) is 0 Å². The first-order valence-electron chi connectivity index (χ1n) is 6.95. The molecule has 4 nitrogen and oxygen atoms in total. The van der Waals surface area contributed by atoms with Crippen molar-refractivity contribution in [1.82, 2.24) is 5.32 Å². The van der Waals surface area contributed by atoms with Gasteiger partial charge >= 0.3 is 0 Å². The Morgan fingerprint density at radius 2 is 2.05 bits per heavy atom. The van der Waals surface area contributed by atoms with Crippen LogP contribution in [-0.2, 0) is 9.53 Å². The van der Waals surface area contributed by atoms with Gasteiger partial charge in [0, 0.05) is 26.5 Å². The van der Waals surface area contributed by atoms with Gasteiger partial charge in [-0.1, -0.05) is 24.3 Å². The number of methoxy groups -OCH3 is 2. The lowest BCUT2D eigenvalue weighted by molar-refractivity contribution is -0.119. The molecule has 0 bridgehead atoms. The van der Waals surface area contributed by atoms with Crippen LogP contribution in [0.4, 0.5) is 0 Å². The van der Waals surface area contributed by atoms with Gasteiger partial charge in [-0.3, -0.25) is 4.79 Å². The van der Waals surface area contributed by atoms with Crippen LogP contribution in [0.5, 0.6) is 5.75 Å². The molecule has 0 aliphatic carbocycles. The van der Waals surface area contributed by atoms with E-state index in [1.165, 1.54) is 6.92 Å². The van der Waals surface area contributed by atoms with Gasteiger partial charge in [0.2, 0.25) is 5.91 Å². The maximum absolute atomic E-state index is 11.2. The molecule has 0 heterocycles. The van der Waals surface area contributed by atoms with Crippen LogP contribution in [0.25, 0.3) is 10.8 Å². The largest absolute Gasteiger partial charge is 0.497 e. The smallest absolute Gasteiger partial charge is 0.216 e. The average Bonchev–Trinajstić information content (AvgIpc) is 2.50. The number of benzene rings is 2. The zero-order valence-corrected chi connectivity index (χ0v) is 12.7. The fourth-order valence-electron chi connectivity index (χ4n) is 2.49. The van der Waals surface area contributed by atoms with Gasteiger partial charge in [-0.2, -0.15) is 0 Å². The molecule has 4 heteroatoms. The monoisotopic (exact) mass is 287 g/mol. The third-order valence-corrected chi connectivity index (χ3v) is 3.53. The number of hydrogen-bond acceptors (Lipinski definition) is 3. The highest BCUT2D eigenvalue weighted by Crippen LogP contribution is 2.29. The minimum atomic E-state index is -0.0334. The summed E-state index contributed by atoms with van der Waals surface area (Å²) in [6, 6.07) is 12.2. The Bertz CT molecular complexity index is 624. The van der Waals surface area contributed by atoms with Crippen LogP contribution in [0.15, 0.2) is 36.4 Å². The predicted octanol–water partition coefficient (Wildman–Crippen LogP) is 2.71. The molecule has 0 radical (unpaired) electrons.